The number of H-pyrrole nitrogens is 1. The summed E-state index contributed by atoms with van der Waals surface area (Å²) in [5.74, 6) is 0.141. The Morgan fingerprint density at radius 3 is 2.26 bits per heavy atom. The molecule has 0 aromatic carbocycles. The lowest BCUT2D eigenvalue weighted by Crippen LogP contribution is -2.48. The van der Waals surface area contributed by atoms with E-state index in [-0.39, 0.29) is 43.8 Å². The van der Waals surface area contributed by atoms with E-state index in [9.17, 15) is 26.7 Å². The average Bonchev–Trinajstić information content (AvgIpc) is 2.60. The normalized spacial score (nSPS) is 15.5. The molecule has 0 saturated carbocycles. The van der Waals surface area contributed by atoms with Gasteiger partial charge in [-0.25, -0.2) is 23.7 Å². The van der Waals surface area contributed by atoms with Gasteiger partial charge in [0.05, 0.1) is 0 Å². The monoisotopic (exact) mass is 390 g/mol. The lowest BCUT2D eigenvalue weighted by atomic mass is 10.3. The van der Waals surface area contributed by atoms with Crippen molar-refractivity contribution in [2.45, 2.75) is 19.5 Å². The van der Waals surface area contributed by atoms with Crippen molar-refractivity contribution in [3.8, 4) is 0 Å². The molecule has 3 heterocycles. The van der Waals surface area contributed by atoms with Crippen LogP contribution in [0.3, 0.4) is 0 Å². The Kier molecular flexibility index (Phi) is 4.98. The maximum Gasteiger partial charge on any atom is 0.433 e. The van der Waals surface area contributed by atoms with Gasteiger partial charge < -0.3 is 9.80 Å². The number of hydrogen-bond donors (Lipinski definition) is 1. The molecule has 1 N–H and O–H groups in total. The number of alkyl halides is 5. The smallest absolute Gasteiger partial charge is 0.353 e. The van der Waals surface area contributed by atoms with Crippen molar-refractivity contribution < 1.29 is 22.0 Å². The van der Waals surface area contributed by atoms with Gasteiger partial charge in [0.1, 0.15) is 23.0 Å². The molecule has 146 valence electrons. The number of hydrogen-bond acceptors (Lipinski definition) is 6. The number of aryl methyl sites for hydroxylation is 1. The highest BCUT2D eigenvalue weighted by Gasteiger charge is 2.34. The van der Waals surface area contributed by atoms with Gasteiger partial charge in [-0.3, -0.25) is 9.78 Å². The molecule has 0 spiro atoms. The van der Waals surface area contributed by atoms with Gasteiger partial charge in [0.2, 0.25) is 5.95 Å². The second-order valence-corrected chi connectivity index (χ2v) is 5.93. The zero-order valence-corrected chi connectivity index (χ0v) is 14.1. The zero-order valence-electron chi connectivity index (χ0n) is 14.1. The molecular formula is C15H15F5N6O. The van der Waals surface area contributed by atoms with Gasteiger partial charge in [-0.1, -0.05) is 0 Å². The minimum atomic E-state index is -4.58. The minimum absolute atomic E-state index is 0.00196. The molecule has 7 nitrogen and oxygen atoms in total. The Morgan fingerprint density at radius 2 is 1.67 bits per heavy atom. The van der Waals surface area contributed by atoms with Crippen molar-refractivity contribution in [2.75, 3.05) is 36.0 Å². The van der Waals surface area contributed by atoms with Gasteiger partial charge in [0.25, 0.3) is 12.0 Å². The van der Waals surface area contributed by atoms with Crippen LogP contribution in [0.15, 0.2) is 16.9 Å². The van der Waals surface area contributed by atoms with Gasteiger partial charge in [0.15, 0.2) is 0 Å². The molecule has 3 rings (SSSR count). The quantitative estimate of drug-likeness (QED) is 0.810. The summed E-state index contributed by atoms with van der Waals surface area (Å²) in [4.78, 5) is 28.3. The summed E-state index contributed by atoms with van der Waals surface area (Å²) < 4.78 is 64.4. The van der Waals surface area contributed by atoms with E-state index in [2.05, 4.69) is 19.9 Å². The number of aromatic nitrogens is 4. The summed E-state index contributed by atoms with van der Waals surface area (Å²) in [5.41, 5.74) is -2.35. The van der Waals surface area contributed by atoms with Crippen LogP contribution >= 0.6 is 0 Å². The number of rotatable bonds is 3. The average molecular weight is 390 g/mol. The summed E-state index contributed by atoms with van der Waals surface area (Å²) in [6.45, 7) is 2.45. The van der Waals surface area contributed by atoms with E-state index in [0.717, 1.165) is 12.1 Å². The molecule has 0 radical (unpaired) electrons. The number of aromatic amines is 1. The van der Waals surface area contributed by atoms with E-state index in [0.29, 0.717) is 0 Å². The first-order valence-corrected chi connectivity index (χ1v) is 7.95. The number of piperazine rings is 1. The lowest BCUT2D eigenvalue weighted by Gasteiger charge is -2.35. The number of nitrogens with zero attached hydrogens (tertiary/aromatic N) is 5. The molecule has 2 aromatic heterocycles. The third-order valence-corrected chi connectivity index (χ3v) is 3.99. The SMILES string of the molecule is Cc1nc(N2CCN(c3nc(C(F)F)cc(=O)[nH]3)CC2)cc(C(F)(F)F)n1. The predicted molar refractivity (Wildman–Crippen MR) is 86.0 cm³/mol. The van der Waals surface area contributed by atoms with Crippen LogP contribution in [0, 0.1) is 6.92 Å². The van der Waals surface area contributed by atoms with Crippen LogP contribution in [0.2, 0.25) is 0 Å². The molecule has 1 aliphatic heterocycles. The maximum atomic E-state index is 12.9. The van der Waals surface area contributed by atoms with Gasteiger partial charge in [0, 0.05) is 38.3 Å². The zero-order chi connectivity index (χ0) is 19.8. The van der Waals surface area contributed by atoms with Crippen LogP contribution in [0.1, 0.15) is 23.6 Å². The highest BCUT2D eigenvalue weighted by molar-refractivity contribution is 5.44. The van der Waals surface area contributed by atoms with Crippen molar-refractivity contribution in [3.63, 3.8) is 0 Å². The highest BCUT2D eigenvalue weighted by Crippen LogP contribution is 2.30. The first kappa shape index (κ1) is 19.0. The number of nitrogens with one attached hydrogen (secondary N) is 1. The van der Waals surface area contributed by atoms with Gasteiger partial charge in [-0.15, -0.1) is 0 Å². The summed E-state index contributed by atoms with van der Waals surface area (Å²) in [5, 5.41) is 0. The van der Waals surface area contributed by atoms with E-state index in [1.807, 2.05) is 0 Å². The molecule has 1 fully saturated rings. The predicted octanol–water partition coefficient (Wildman–Crippen LogP) is 2.15. The van der Waals surface area contributed by atoms with Crippen molar-refractivity contribution in [1.82, 2.24) is 19.9 Å². The topological polar surface area (TPSA) is 78.0 Å². The summed E-state index contributed by atoms with van der Waals surface area (Å²) in [6, 6.07) is 1.60. The Balaban J connectivity index is 1.77. The fraction of sp³-hybridized carbons (Fsp3) is 0.467. The molecule has 0 amide bonds. The van der Waals surface area contributed by atoms with E-state index in [1.165, 1.54) is 6.92 Å². The Labute approximate surface area is 149 Å². The third kappa shape index (κ3) is 4.31. The molecule has 27 heavy (non-hydrogen) atoms. The van der Waals surface area contributed by atoms with E-state index in [1.54, 1.807) is 9.80 Å². The Morgan fingerprint density at radius 1 is 1.04 bits per heavy atom. The molecule has 0 unspecified atom stereocenters. The first-order chi connectivity index (χ1) is 12.6. The molecule has 0 bridgehead atoms. The Bertz CT molecular complexity index is 876. The molecule has 0 atom stereocenters. The van der Waals surface area contributed by atoms with Crippen molar-refractivity contribution in [3.05, 3.63) is 39.7 Å². The van der Waals surface area contributed by atoms with E-state index >= 15 is 0 Å². The minimum Gasteiger partial charge on any atom is -0.353 e. The number of halogens is 5. The van der Waals surface area contributed by atoms with E-state index in [4.69, 9.17) is 0 Å². The molecular weight excluding hydrogens is 375 g/mol. The second kappa shape index (κ2) is 7.08. The molecule has 0 aliphatic carbocycles. The van der Waals surface area contributed by atoms with Crippen LogP contribution in [-0.4, -0.2) is 46.1 Å². The fourth-order valence-corrected chi connectivity index (χ4v) is 2.73. The second-order valence-electron chi connectivity index (χ2n) is 5.93. The summed E-state index contributed by atoms with van der Waals surface area (Å²) in [7, 11) is 0. The third-order valence-electron chi connectivity index (χ3n) is 3.99. The van der Waals surface area contributed by atoms with Crippen LogP contribution in [-0.2, 0) is 6.18 Å². The first-order valence-electron chi connectivity index (χ1n) is 7.95. The van der Waals surface area contributed by atoms with Crippen molar-refractivity contribution >= 4 is 11.8 Å². The van der Waals surface area contributed by atoms with Gasteiger partial charge in [-0.05, 0) is 6.92 Å². The fourth-order valence-electron chi connectivity index (χ4n) is 2.73. The summed E-state index contributed by atoms with van der Waals surface area (Å²) >= 11 is 0. The summed E-state index contributed by atoms with van der Waals surface area (Å²) in [6.07, 6.45) is -7.46. The molecule has 1 aliphatic rings. The largest absolute Gasteiger partial charge is 0.433 e. The van der Waals surface area contributed by atoms with Gasteiger partial charge in [-0.2, -0.15) is 13.2 Å². The van der Waals surface area contributed by atoms with Crippen molar-refractivity contribution in [1.29, 1.82) is 0 Å². The Hall–Kier alpha value is -2.79. The van der Waals surface area contributed by atoms with Crippen LogP contribution in [0.25, 0.3) is 0 Å². The van der Waals surface area contributed by atoms with E-state index < -0.39 is 29.5 Å². The molecule has 12 heteroatoms. The van der Waals surface area contributed by atoms with Crippen LogP contribution < -0.4 is 15.4 Å². The van der Waals surface area contributed by atoms with Crippen LogP contribution in [0.4, 0.5) is 33.7 Å². The molecule has 1 saturated heterocycles. The van der Waals surface area contributed by atoms with Crippen LogP contribution in [0.5, 0.6) is 0 Å². The highest BCUT2D eigenvalue weighted by atomic mass is 19.4. The van der Waals surface area contributed by atoms with Crippen molar-refractivity contribution in [2.24, 2.45) is 0 Å². The lowest BCUT2D eigenvalue weighted by molar-refractivity contribution is -0.141. The number of anilines is 2. The standard InChI is InChI=1S/C15H15F5N6O/c1-8-21-10(15(18,19)20)7-11(22-8)25-2-4-26(5-3-25)14-23-9(13(16)17)6-12(27)24-14/h6-7,13H,2-5H2,1H3,(H,23,24,27). The molecule has 2 aromatic rings. The maximum absolute atomic E-state index is 12.9. The van der Waals surface area contributed by atoms with Gasteiger partial charge >= 0.3 is 6.18 Å².